The van der Waals surface area contributed by atoms with Gasteiger partial charge in [0.15, 0.2) is 6.23 Å². The van der Waals surface area contributed by atoms with Gasteiger partial charge in [0, 0.05) is 25.4 Å². The molecule has 1 fully saturated rings. The highest BCUT2D eigenvalue weighted by Gasteiger charge is 2.38. The number of nitriles is 1. The minimum Gasteiger partial charge on any atom is -0.441 e. The number of nitrogens with zero attached hydrogens (tertiary/aromatic N) is 5. The first kappa shape index (κ1) is 20.7. The Morgan fingerprint density at radius 3 is 2.59 bits per heavy atom. The summed E-state index contributed by atoms with van der Waals surface area (Å²) in [7, 11) is 1.70. The third-order valence-electron chi connectivity index (χ3n) is 4.49. The Labute approximate surface area is 173 Å². The Morgan fingerprint density at radius 1 is 1.31 bits per heavy atom. The van der Waals surface area contributed by atoms with Crippen LogP contribution < -0.4 is 4.90 Å². The highest BCUT2D eigenvalue weighted by atomic mass is 32.1. The van der Waals surface area contributed by atoms with E-state index >= 15 is 0 Å². The van der Waals surface area contributed by atoms with Gasteiger partial charge in [0.05, 0.1) is 18.1 Å². The number of carbonyl (C=O) groups is 2. The van der Waals surface area contributed by atoms with Crippen LogP contribution in [0.5, 0.6) is 0 Å². The monoisotopic (exact) mass is 413 g/mol. The van der Waals surface area contributed by atoms with Crippen molar-refractivity contribution in [2.24, 2.45) is 0 Å². The quantitative estimate of drug-likeness (QED) is 0.714. The Hall–Kier alpha value is -2.99. The fourth-order valence-corrected chi connectivity index (χ4v) is 3.76. The summed E-state index contributed by atoms with van der Waals surface area (Å²) in [6.07, 6.45) is -0.194. The van der Waals surface area contributed by atoms with E-state index in [9.17, 15) is 9.59 Å². The molecule has 29 heavy (non-hydrogen) atoms. The minimum atomic E-state index is -0.731. The van der Waals surface area contributed by atoms with Crippen LogP contribution in [-0.2, 0) is 21.4 Å². The topological polar surface area (TPSA) is 99.4 Å². The van der Waals surface area contributed by atoms with Crippen LogP contribution in [0.3, 0.4) is 0 Å². The predicted octanol–water partition coefficient (Wildman–Crippen LogP) is 3.08. The summed E-state index contributed by atoms with van der Waals surface area (Å²) in [5.41, 5.74) is 1.08. The van der Waals surface area contributed by atoms with Gasteiger partial charge in [-0.3, -0.25) is 4.79 Å². The molecule has 0 spiro atoms. The first-order valence-electron chi connectivity index (χ1n) is 9.26. The first-order valence-corrected chi connectivity index (χ1v) is 10.1. The van der Waals surface area contributed by atoms with Gasteiger partial charge in [0.1, 0.15) is 5.01 Å². The van der Waals surface area contributed by atoms with Crippen molar-refractivity contribution >= 4 is 28.5 Å². The summed E-state index contributed by atoms with van der Waals surface area (Å²) < 4.78 is 5.65. The number of urea groups is 1. The van der Waals surface area contributed by atoms with Crippen LogP contribution in [0.2, 0.25) is 0 Å². The molecule has 1 aromatic carbocycles. The van der Waals surface area contributed by atoms with Crippen molar-refractivity contribution in [3.63, 3.8) is 0 Å². The molecular formula is C20H23N5O3S. The fraction of sp³-hybridized carbons (Fsp3) is 0.450. The van der Waals surface area contributed by atoms with E-state index in [1.54, 1.807) is 36.2 Å². The third kappa shape index (κ3) is 4.71. The molecule has 3 rings (SSSR count). The lowest BCUT2D eigenvalue weighted by Gasteiger charge is -2.37. The van der Waals surface area contributed by atoms with E-state index < -0.39 is 12.2 Å². The second-order valence-electron chi connectivity index (χ2n) is 7.93. The molecule has 0 saturated carbocycles. The first-order chi connectivity index (χ1) is 13.7. The molecule has 1 aromatic heterocycles. The van der Waals surface area contributed by atoms with Crippen LogP contribution in [-0.4, -0.2) is 46.9 Å². The molecule has 1 aliphatic heterocycles. The fourth-order valence-electron chi connectivity index (χ4n) is 2.83. The number of rotatable bonds is 4. The molecule has 152 valence electrons. The zero-order valence-corrected chi connectivity index (χ0v) is 17.7. The summed E-state index contributed by atoms with van der Waals surface area (Å²) in [5.74, 6) is -0.442. The van der Waals surface area contributed by atoms with Crippen LogP contribution in [0.1, 0.15) is 43.3 Å². The van der Waals surface area contributed by atoms with Crippen molar-refractivity contribution in [2.45, 2.75) is 45.3 Å². The summed E-state index contributed by atoms with van der Waals surface area (Å²) >= 11 is 1.33. The van der Waals surface area contributed by atoms with Crippen molar-refractivity contribution in [3.05, 3.63) is 40.4 Å². The van der Waals surface area contributed by atoms with Crippen molar-refractivity contribution in [2.75, 3.05) is 18.5 Å². The zero-order chi connectivity index (χ0) is 21.2. The van der Waals surface area contributed by atoms with Gasteiger partial charge < -0.3 is 9.64 Å². The van der Waals surface area contributed by atoms with E-state index in [0.717, 1.165) is 10.6 Å². The average Bonchev–Trinajstić information content (AvgIpc) is 3.15. The van der Waals surface area contributed by atoms with Crippen LogP contribution in [0.15, 0.2) is 24.3 Å². The van der Waals surface area contributed by atoms with E-state index in [4.69, 9.17) is 10.00 Å². The molecule has 1 atom stereocenters. The van der Waals surface area contributed by atoms with Gasteiger partial charge in [0.25, 0.3) is 0 Å². The van der Waals surface area contributed by atoms with Crippen LogP contribution in [0.25, 0.3) is 0 Å². The lowest BCUT2D eigenvalue weighted by atomic mass is 9.98. The number of carbonyl (C=O) groups excluding carboxylic acids is 2. The number of benzene rings is 1. The Morgan fingerprint density at radius 2 is 2.00 bits per heavy atom. The zero-order valence-electron chi connectivity index (χ0n) is 16.9. The van der Waals surface area contributed by atoms with Gasteiger partial charge in [-0.1, -0.05) is 44.2 Å². The molecule has 2 aromatic rings. The predicted molar refractivity (Wildman–Crippen MR) is 108 cm³/mol. The SMILES string of the molecule is CN1CCC(OC(=O)Cc2ccc(C#N)cc2)N(c2nnc(C(C)(C)C)s2)C1=O. The molecule has 0 aliphatic carbocycles. The largest absolute Gasteiger partial charge is 0.441 e. The number of anilines is 1. The standard InChI is InChI=1S/C20H23N5O3S/c1-20(2,3)17-22-23-18(29-17)25-15(9-10-24(4)19(25)27)28-16(26)11-13-5-7-14(12-21)8-6-13/h5-8,15H,9-11H2,1-4H3. The molecule has 0 N–H and O–H groups in total. The number of ether oxygens (including phenoxy) is 1. The highest BCUT2D eigenvalue weighted by Crippen LogP contribution is 2.33. The molecule has 8 nitrogen and oxygen atoms in total. The smallest absolute Gasteiger partial charge is 0.329 e. The summed E-state index contributed by atoms with van der Waals surface area (Å²) in [6, 6.07) is 8.52. The summed E-state index contributed by atoms with van der Waals surface area (Å²) in [6.45, 7) is 6.55. The lowest BCUT2D eigenvalue weighted by Crippen LogP contribution is -2.54. The van der Waals surface area contributed by atoms with Crippen molar-refractivity contribution in [3.8, 4) is 6.07 Å². The van der Waals surface area contributed by atoms with E-state index in [0.29, 0.717) is 23.7 Å². The molecule has 1 aliphatic rings. The van der Waals surface area contributed by atoms with Crippen molar-refractivity contribution in [1.82, 2.24) is 15.1 Å². The molecule has 0 bridgehead atoms. The molecule has 2 heterocycles. The molecular weight excluding hydrogens is 390 g/mol. The van der Waals surface area contributed by atoms with Gasteiger partial charge in [-0.05, 0) is 17.7 Å². The van der Waals surface area contributed by atoms with Crippen LogP contribution in [0.4, 0.5) is 9.93 Å². The van der Waals surface area contributed by atoms with Crippen molar-refractivity contribution in [1.29, 1.82) is 5.26 Å². The average molecular weight is 414 g/mol. The van der Waals surface area contributed by atoms with Gasteiger partial charge >= 0.3 is 12.0 Å². The molecule has 0 radical (unpaired) electrons. The van der Waals surface area contributed by atoms with E-state index in [2.05, 4.69) is 10.2 Å². The molecule has 1 unspecified atom stereocenters. The Balaban J connectivity index is 1.76. The van der Waals surface area contributed by atoms with Crippen LogP contribution >= 0.6 is 11.3 Å². The number of esters is 1. The van der Waals surface area contributed by atoms with Gasteiger partial charge in [-0.15, -0.1) is 10.2 Å². The second-order valence-corrected chi connectivity index (χ2v) is 8.89. The number of aromatic nitrogens is 2. The summed E-state index contributed by atoms with van der Waals surface area (Å²) in [4.78, 5) is 28.2. The molecule has 9 heteroatoms. The maximum atomic E-state index is 12.8. The van der Waals surface area contributed by atoms with Gasteiger partial charge in [0.2, 0.25) is 5.13 Å². The van der Waals surface area contributed by atoms with Crippen molar-refractivity contribution < 1.29 is 14.3 Å². The van der Waals surface area contributed by atoms with E-state index in [1.165, 1.54) is 16.2 Å². The second kappa shape index (κ2) is 8.17. The Kier molecular flexibility index (Phi) is 5.84. The number of amides is 2. The summed E-state index contributed by atoms with van der Waals surface area (Å²) in [5, 5.41) is 18.5. The normalized spacial score (nSPS) is 17.2. The minimum absolute atomic E-state index is 0.0590. The van der Waals surface area contributed by atoms with Crippen LogP contribution in [0, 0.1) is 11.3 Å². The van der Waals surface area contributed by atoms with Gasteiger partial charge in [-0.25, -0.2) is 9.69 Å². The highest BCUT2D eigenvalue weighted by molar-refractivity contribution is 7.15. The van der Waals surface area contributed by atoms with E-state index in [-0.39, 0.29) is 17.9 Å². The maximum absolute atomic E-state index is 12.8. The molecule has 1 saturated heterocycles. The van der Waals surface area contributed by atoms with Gasteiger partial charge in [-0.2, -0.15) is 5.26 Å². The number of hydrogen-bond acceptors (Lipinski definition) is 7. The molecule has 2 amide bonds. The number of hydrogen-bond donors (Lipinski definition) is 0. The Bertz CT molecular complexity index is 942. The van der Waals surface area contributed by atoms with E-state index in [1.807, 2.05) is 26.8 Å². The maximum Gasteiger partial charge on any atom is 0.329 e. The third-order valence-corrected chi connectivity index (χ3v) is 5.84. The lowest BCUT2D eigenvalue weighted by molar-refractivity contribution is -0.148.